The van der Waals surface area contributed by atoms with E-state index in [9.17, 15) is 0 Å². The Morgan fingerprint density at radius 1 is 1.00 bits per heavy atom. The van der Waals surface area contributed by atoms with Gasteiger partial charge < -0.3 is 4.74 Å². The maximum Gasteiger partial charge on any atom is 0.110 e. The molecule has 0 bridgehead atoms. The molecule has 97 valence electrons. The SMILES string of the molecule is [Ir].[c-]1cccc(Oc2ccccc2)c1-n1cccn1. The quantitative estimate of drug-likeness (QED) is 0.599. The standard InChI is InChI=1S/C15H11N2O.Ir/c1-2-7-13(8-3-1)18-15-10-5-4-9-14(15)17-12-6-11-16-17;/h1-8,10-12H;/q-1;. The fourth-order valence-corrected chi connectivity index (χ4v) is 1.69. The molecule has 0 spiro atoms. The largest absolute Gasteiger partial charge is 0.515 e. The topological polar surface area (TPSA) is 27.1 Å². The number of hydrogen-bond donors (Lipinski definition) is 0. The molecule has 0 N–H and O–H groups in total. The Kier molecular flexibility index (Phi) is 4.50. The summed E-state index contributed by atoms with van der Waals surface area (Å²) in [5.41, 5.74) is 0.798. The van der Waals surface area contributed by atoms with Crippen LogP contribution in [-0.2, 0) is 20.1 Å². The van der Waals surface area contributed by atoms with Gasteiger partial charge in [-0.3, -0.25) is 4.68 Å². The van der Waals surface area contributed by atoms with Crippen LogP contribution in [0.2, 0.25) is 0 Å². The van der Waals surface area contributed by atoms with E-state index >= 15 is 0 Å². The van der Waals surface area contributed by atoms with E-state index in [0.717, 1.165) is 17.2 Å². The van der Waals surface area contributed by atoms with Crippen molar-refractivity contribution in [3.8, 4) is 17.2 Å². The zero-order valence-electron chi connectivity index (χ0n) is 9.99. The summed E-state index contributed by atoms with van der Waals surface area (Å²) in [6, 6.07) is 20.3. The summed E-state index contributed by atoms with van der Waals surface area (Å²) in [6.07, 6.45) is 3.59. The van der Waals surface area contributed by atoms with Crippen LogP contribution in [0.1, 0.15) is 0 Å². The number of ether oxygens (including phenoxy) is 1. The number of rotatable bonds is 3. The molecule has 0 atom stereocenters. The van der Waals surface area contributed by atoms with Gasteiger partial charge in [-0.1, -0.05) is 18.2 Å². The summed E-state index contributed by atoms with van der Waals surface area (Å²) in [4.78, 5) is 0. The third-order valence-corrected chi connectivity index (χ3v) is 2.50. The molecule has 0 saturated carbocycles. The van der Waals surface area contributed by atoms with E-state index in [1.54, 1.807) is 10.9 Å². The zero-order chi connectivity index (χ0) is 12.2. The van der Waals surface area contributed by atoms with Gasteiger partial charge in [0.15, 0.2) is 0 Å². The van der Waals surface area contributed by atoms with Crippen LogP contribution >= 0.6 is 0 Å². The van der Waals surface area contributed by atoms with Crippen molar-refractivity contribution in [2.45, 2.75) is 0 Å². The summed E-state index contributed by atoms with van der Waals surface area (Å²) in [5, 5.41) is 4.19. The normalized spacial score (nSPS) is 9.68. The summed E-state index contributed by atoms with van der Waals surface area (Å²) in [5.74, 6) is 1.53. The molecule has 0 saturated heterocycles. The van der Waals surface area contributed by atoms with E-state index < -0.39 is 0 Å². The molecule has 0 aliphatic rings. The fraction of sp³-hybridized carbons (Fsp3) is 0. The monoisotopic (exact) mass is 428 g/mol. The van der Waals surface area contributed by atoms with Gasteiger partial charge in [0.25, 0.3) is 0 Å². The second-order valence-corrected chi connectivity index (χ2v) is 3.75. The Labute approximate surface area is 125 Å². The van der Waals surface area contributed by atoms with Crippen LogP contribution in [0.25, 0.3) is 5.69 Å². The van der Waals surface area contributed by atoms with Crippen LogP contribution in [0.15, 0.2) is 67.0 Å². The first-order valence-corrected chi connectivity index (χ1v) is 5.67. The second-order valence-electron chi connectivity index (χ2n) is 3.75. The summed E-state index contributed by atoms with van der Waals surface area (Å²) in [6.45, 7) is 0. The van der Waals surface area contributed by atoms with Gasteiger partial charge in [0.05, 0.1) is 0 Å². The minimum Gasteiger partial charge on any atom is -0.515 e. The molecule has 3 aromatic rings. The van der Waals surface area contributed by atoms with Crippen molar-refractivity contribution in [1.82, 2.24) is 9.78 Å². The van der Waals surface area contributed by atoms with Crippen LogP contribution in [0.5, 0.6) is 11.5 Å². The van der Waals surface area contributed by atoms with Crippen LogP contribution in [0.4, 0.5) is 0 Å². The van der Waals surface area contributed by atoms with Crippen molar-refractivity contribution in [1.29, 1.82) is 0 Å². The third kappa shape index (κ3) is 3.11. The number of benzene rings is 2. The van der Waals surface area contributed by atoms with Crippen molar-refractivity contribution in [2.24, 2.45) is 0 Å². The van der Waals surface area contributed by atoms with E-state index in [-0.39, 0.29) is 20.1 Å². The molecule has 1 radical (unpaired) electrons. The molecule has 2 aromatic carbocycles. The van der Waals surface area contributed by atoms with Gasteiger partial charge in [0.1, 0.15) is 5.75 Å². The van der Waals surface area contributed by atoms with E-state index in [2.05, 4.69) is 11.2 Å². The van der Waals surface area contributed by atoms with Gasteiger partial charge in [0, 0.05) is 38.2 Å². The molecule has 3 rings (SSSR count). The minimum atomic E-state index is 0. The fourth-order valence-electron chi connectivity index (χ4n) is 1.69. The van der Waals surface area contributed by atoms with Gasteiger partial charge in [-0.15, -0.1) is 6.07 Å². The molecule has 1 heterocycles. The van der Waals surface area contributed by atoms with Crippen LogP contribution in [0, 0.1) is 6.07 Å². The van der Waals surface area contributed by atoms with Crippen molar-refractivity contribution < 1.29 is 24.8 Å². The molecular weight excluding hydrogens is 416 g/mol. The van der Waals surface area contributed by atoms with Crippen LogP contribution in [-0.4, -0.2) is 9.78 Å². The number of aromatic nitrogens is 2. The minimum absolute atomic E-state index is 0. The number of para-hydroxylation sites is 2. The van der Waals surface area contributed by atoms with E-state index in [0.29, 0.717) is 0 Å². The van der Waals surface area contributed by atoms with E-state index in [1.165, 1.54) is 0 Å². The molecule has 4 heteroatoms. The van der Waals surface area contributed by atoms with Crippen LogP contribution in [0.3, 0.4) is 0 Å². The summed E-state index contributed by atoms with van der Waals surface area (Å²) in [7, 11) is 0. The Morgan fingerprint density at radius 2 is 1.84 bits per heavy atom. The Morgan fingerprint density at radius 3 is 2.58 bits per heavy atom. The third-order valence-electron chi connectivity index (χ3n) is 2.50. The van der Waals surface area contributed by atoms with Gasteiger partial charge in [0.2, 0.25) is 0 Å². The summed E-state index contributed by atoms with van der Waals surface area (Å²) >= 11 is 0. The van der Waals surface area contributed by atoms with Gasteiger partial charge in [-0.05, 0) is 23.9 Å². The number of hydrogen-bond acceptors (Lipinski definition) is 2. The Hall–Kier alpha value is -1.90. The second kappa shape index (κ2) is 6.32. The maximum absolute atomic E-state index is 5.84. The first kappa shape index (κ1) is 13.5. The molecule has 0 amide bonds. The van der Waals surface area contributed by atoms with E-state index in [4.69, 9.17) is 4.74 Å². The maximum atomic E-state index is 5.84. The first-order valence-electron chi connectivity index (χ1n) is 5.67. The van der Waals surface area contributed by atoms with Gasteiger partial charge >= 0.3 is 0 Å². The predicted molar refractivity (Wildman–Crippen MR) is 68.9 cm³/mol. The number of nitrogens with zero attached hydrogens (tertiary/aromatic N) is 2. The van der Waals surface area contributed by atoms with Crippen molar-refractivity contribution >= 4 is 0 Å². The average molecular weight is 427 g/mol. The smallest absolute Gasteiger partial charge is 0.110 e. The summed E-state index contributed by atoms with van der Waals surface area (Å²) < 4.78 is 7.58. The van der Waals surface area contributed by atoms with Crippen molar-refractivity contribution in [3.63, 3.8) is 0 Å². The average Bonchev–Trinajstić information content (AvgIpc) is 2.94. The molecule has 0 aliphatic carbocycles. The predicted octanol–water partition coefficient (Wildman–Crippen LogP) is 3.46. The molecule has 19 heavy (non-hydrogen) atoms. The van der Waals surface area contributed by atoms with Crippen molar-refractivity contribution in [3.05, 3.63) is 73.1 Å². The Balaban J connectivity index is 0.00000133. The van der Waals surface area contributed by atoms with Gasteiger partial charge in [-0.2, -0.15) is 23.3 Å². The van der Waals surface area contributed by atoms with Gasteiger partial charge in [-0.25, -0.2) is 0 Å². The van der Waals surface area contributed by atoms with Crippen molar-refractivity contribution in [2.75, 3.05) is 0 Å². The molecule has 0 fully saturated rings. The van der Waals surface area contributed by atoms with E-state index in [1.807, 2.05) is 60.8 Å². The first-order chi connectivity index (χ1) is 8.93. The Bertz CT molecular complexity index is 624. The molecule has 0 aliphatic heterocycles. The molecule has 1 aromatic heterocycles. The molecule has 3 nitrogen and oxygen atoms in total. The molecule has 0 unspecified atom stereocenters. The van der Waals surface area contributed by atoms with Crippen LogP contribution < -0.4 is 4.74 Å². The zero-order valence-corrected chi connectivity index (χ0v) is 12.4. The molecular formula is C15H11IrN2O-.